The molecule has 0 N–H and O–H groups in total. The van der Waals surface area contributed by atoms with Crippen molar-refractivity contribution in [3.8, 4) is 0 Å². The first kappa shape index (κ1) is 30.5. The summed E-state index contributed by atoms with van der Waals surface area (Å²) in [4.78, 5) is 0. The van der Waals surface area contributed by atoms with E-state index in [1.807, 2.05) is 0 Å². The van der Waals surface area contributed by atoms with Crippen molar-refractivity contribution in [1.82, 2.24) is 0 Å². The maximum absolute atomic E-state index is 11.4. The third kappa shape index (κ3) is 8.75. The fraction of sp³-hybridized carbons (Fsp3) is 1.00. The summed E-state index contributed by atoms with van der Waals surface area (Å²) >= 11 is 0. The minimum Gasteiger partial charge on any atom is -0.421 e. The number of hydrogen-bond acceptors (Lipinski definition) is 7. The van der Waals surface area contributed by atoms with Crippen molar-refractivity contribution in [3.05, 3.63) is 4.13 Å². The summed E-state index contributed by atoms with van der Waals surface area (Å²) in [6.45, 7) is 4.73. The Labute approximate surface area is 178 Å². The molecule has 31 heavy (non-hydrogen) atoms. The standard InChI is InChI=1S/C11H26NO3Si.C2F6NO4S2/c1-11-6-8-12(2,9-7-11)10-16(13-3,14-4)15-5;3-1(4,5)14(10,11)9-15(12,13)2(6,7)8/h11H,6-10H2,1-5H3;/q+1;-1. The molecule has 1 saturated heterocycles. The predicted molar refractivity (Wildman–Crippen MR) is 99.3 cm³/mol. The van der Waals surface area contributed by atoms with Crippen LogP contribution in [0.25, 0.3) is 4.13 Å². The van der Waals surface area contributed by atoms with Crippen LogP contribution in [0.2, 0.25) is 0 Å². The molecule has 1 fully saturated rings. The molecule has 1 heterocycles. The number of alkyl halides is 6. The van der Waals surface area contributed by atoms with Crippen LogP contribution in [-0.4, -0.2) is 88.8 Å². The Kier molecular flexibility index (Phi) is 10.4. The van der Waals surface area contributed by atoms with E-state index in [-0.39, 0.29) is 0 Å². The molecule has 1 aliphatic heterocycles. The largest absolute Gasteiger partial charge is 0.558 e. The van der Waals surface area contributed by atoms with Gasteiger partial charge < -0.3 is 21.9 Å². The van der Waals surface area contributed by atoms with Gasteiger partial charge in [-0.25, -0.2) is 16.8 Å². The second-order valence-corrected chi connectivity index (χ2v) is 13.4. The van der Waals surface area contributed by atoms with Crippen molar-refractivity contribution in [3.63, 3.8) is 0 Å². The van der Waals surface area contributed by atoms with Gasteiger partial charge in [0.2, 0.25) is 0 Å². The van der Waals surface area contributed by atoms with Crippen molar-refractivity contribution in [2.45, 2.75) is 30.8 Å². The number of sulfonamides is 2. The smallest absolute Gasteiger partial charge is 0.421 e. The Morgan fingerprint density at radius 1 is 0.871 bits per heavy atom. The van der Waals surface area contributed by atoms with Crippen LogP contribution < -0.4 is 0 Å². The first-order valence-corrected chi connectivity index (χ1v) is 13.4. The minimum absolute atomic E-state index is 0.778. The minimum atomic E-state index is -6.72. The summed E-state index contributed by atoms with van der Waals surface area (Å²) in [5.41, 5.74) is -12.4. The van der Waals surface area contributed by atoms with Crippen LogP contribution in [0.4, 0.5) is 26.3 Å². The summed E-state index contributed by atoms with van der Waals surface area (Å²) in [6.07, 6.45) is 3.46. The Morgan fingerprint density at radius 2 is 1.19 bits per heavy atom. The van der Waals surface area contributed by atoms with E-state index in [4.69, 9.17) is 13.3 Å². The summed E-state index contributed by atoms with van der Waals surface area (Å²) in [6, 6.07) is 0. The molecule has 0 aromatic carbocycles. The molecule has 0 saturated carbocycles. The highest BCUT2D eigenvalue weighted by Crippen LogP contribution is 2.36. The van der Waals surface area contributed by atoms with E-state index in [9.17, 15) is 43.2 Å². The molecule has 1 aliphatic rings. The van der Waals surface area contributed by atoms with Gasteiger partial charge in [-0.05, 0) is 18.8 Å². The van der Waals surface area contributed by atoms with E-state index in [0.29, 0.717) is 0 Å². The average Bonchev–Trinajstić information content (AvgIpc) is 2.61. The second-order valence-electron chi connectivity index (χ2n) is 7.12. The lowest BCUT2D eigenvalue weighted by molar-refractivity contribution is -0.907. The molecule has 0 bridgehead atoms. The van der Waals surface area contributed by atoms with Gasteiger partial charge in [0.15, 0.2) is 20.0 Å². The highest BCUT2D eigenvalue weighted by atomic mass is 32.3. The molecule has 188 valence electrons. The lowest BCUT2D eigenvalue weighted by Crippen LogP contribution is -2.62. The zero-order valence-corrected chi connectivity index (χ0v) is 20.1. The molecule has 18 heteroatoms. The van der Waals surface area contributed by atoms with Gasteiger partial charge in [-0.15, -0.1) is 0 Å². The fourth-order valence-electron chi connectivity index (χ4n) is 2.60. The third-order valence-electron chi connectivity index (χ3n) is 4.61. The van der Waals surface area contributed by atoms with Crippen molar-refractivity contribution in [2.24, 2.45) is 5.92 Å². The van der Waals surface area contributed by atoms with E-state index in [1.165, 1.54) is 25.9 Å². The van der Waals surface area contributed by atoms with Gasteiger partial charge in [-0.1, -0.05) is 6.92 Å². The quantitative estimate of drug-likeness (QED) is 0.283. The molecule has 0 aromatic rings. The molecule has 0 radical (unpaired) electrons. The Morgan fingerprint density at radius 3 is 1.45 bits per heavy atom. The van der Waals surface area contributed by atoms with Crippen LogP contribution in [-0.2, 0) is 33.3 Å². The molecule has 0 amide bonds. The highest BCUT2D eigenvalue weighted by Gasteiger charge is 2.48. The van der Waals surface area contributed by atoms with E-state index in [1.54, 1.807) is 21.3 Å². The monoisotopic (exact) mass is 528 g/mol. The summed E-state index contributed by atoms with van der Waals surface area (Å²) < 4.78 is 127. The molecule has 0 aromatic heterocycles. The van der Waals surface area contributed by atoms with Gasteiger partial charge in [0, 0.05) is 21.3 Å². The third-order valence-corrected chi connectivity index (χ3v) is 10.4. The number of likely N-dealkylation sites (tertiary alicyclic amines) is 1. The van der Waals surface area contributed by atoms with Gasteiger partial charge in [-0.2, -0.15) is 26.3 Å². The predicted octanol–water partition coefficient (Wildman–Crippen LogP) is 2.34. The molecule has 0 atom stereocenters. The van der Waals surface area contributed by atoms with Gasteiger partial charge in [0.25, 0.3) is 0 Å². The van der Waals surface area contributed by atoms with Crippen molar-refractivity contribution < 1.29 is 60.9 Å². The molecular formula is C13H26F6N2O7S2Si. The normalized spacial score (nSPS) is 23.8. The molecule has 0 spiro atoms. The molecule has 1 rings (SSSR count). The molecular weight excluding hydrogens is 502 g/mol. The zero-order valence-electron chi connectivity index (χ0n) is 17.4. The van der Waals surface area contributed by atoms with Crippen LogP contribution in [0.15, 0.2) is 0 Å². The summed E-state index contributed by atoms with van der Waals surface area (Å²) in [7, 11) is -8.51. The lowest BCUT2D eigenvalue weighted by atomic mass is 9.98. The second kappa shape index (κ2) is 10.6. The molecule has 9 nitrogen and oxygen atoms in total. The van der Waals surface area contributed by atoms with Crippen molar-refractivity contribution >= 4 is 28.9 Å². The highest BCUT2D eigenvalue weighted by molar-refractivity contribution is 8.13. The SMILES string of the molecule is CO[Si](C[N+]1(C)CCC(C)CC1)(OC)OC.O=S(=O)([N-]S(=O)(=O)C(F)(F)F)C(F)(F)F. The average molecular weight is 529 g/mol. The first-order chi connectivity index (χ1) is 13.7. The fourth-order valence-corrected chi connectivity index (χ4v) is 6.45. The number of hydrogen-bond donors (Lipinski definition) is 0. The van der Waals surface area contributed by atoms with Crippen molar-refractivity contribution in [2.75, 3.05) is 47.6 Å². The van der Waals surface area contributed by atoms with Crippen LogP contribution in [0.5, 0.6) is 0 Å². The van der Waals surface area contributed by atoms with E-state index >= 15 is 0 Å². The van der Waals surface area contributed by atoms with Crippen LogP contribution >= 0.6 is 0 Å². The number of rotatable bonds is 7. The summed E-state index contributed by atoms with van der Waals surface area (Å²) in [5.74, 6) is 0.856. The van der Waals surface area contributed by atoms with E-state index in [0.717, 1.165) is 20.7 Å². The van der Waals surface area contributed by atoms with Crippen LogP contribution in [0.1, 0.15) is 19.8 Å². The number of piperidine rings is 1. The van der Waals surface area contributed by atoms with E-state index < -0.39 is 39.9 Å². The van der Waals surface area contributed by atoms with Gasteiger partial charge in [0.05, 0.1) is 20.1 Å². The number of halogens is 6. The Balaban J connectivity index is 0.000000582. The Bertz CT molecular complexity index is 727. The lowest BCUT2D eigenvalue weighted by Gasteiger charge is -2.42. The Hall–Kier alpha value is -0.503. The van der Waals surface area contributed by atoms with Gasteiger partial charge in [0.1, 0.15) is 6.17 Å². The van der Waals surface area contributed by atoms with Crippen LogP contribution in [0.3, 0.4) is 0 Å². The maximum Gasteiger partial charge on any atom is 0.558 e. The van der Waals surface area contributed by atoms with Gasteiger partial charge >= 0.3 is 19.8 Å². The first-order valence-electron chi connectivity index (χ1n) is 8.55. The number of quaternary nitrogens is 1. The van der Waals surface area contributed by atoms with E-state index in [2.05, 4.69) is 14.0 Å². The molecule has 0 aliphatic carbocycles. The van der Waals surface area contributed by atoms with Crippen molar-refractivity contribution in [1.29, 1.82) is 0 Å². The summed E-state index contributed by atoms with van der Waals surface area (Å²) in [5, 5.41) is 0. The van der Waals surface area contributed by atoms with Gasteiger partial charge in [-0.3, -0.25) is 0 Å². The van der Waals surface area contributed by atoms with Crippen LogP contribution in [0, 0.1) is 5.92 Å². The zero-order chi connectivity index (χ0) is 24.9. The maximum atomic E-state index is 11.4. The number of nitrogens with zero attached hydrogens (tertiary/aromatic N) is 2. The topological polar surface area (TPSA) is 110 Å². The molecule has 0 unspecified atom stereocenters.